The van der Waals surface area contributed by atoms with Gasteiger partial charge in [-0.2, -0.15) is 0 Å². The second kappa shape index (κ2) is 12.1. The number of halogens is 2. The second-order valence-electron chi connectivity index (χ2n) is 8.12. The fourth-order valence-corrected chi connectivity index (χ4v) is 3.85. The van der Waals surface area contributed by atoms with Crippen LogP contribution in [0.3, 0.4) is 0 Å². The van der Waals surface area contributed by atoms with Crippen molar-refractivity contribution in [2.75, 3.05) is 32.8 Å². The summed E-state index contributed by atoms with van der Waals surface area (Å²) >= 11 is 0. The molecule has 0 spiro atoms. The maximum atomic E-state index is 14.0. The largest absolute Gasteiger partial charge is 0.377 e. The van der Waals surface area contributed by atoms with Crippen LogP contribution in [0.5, 0.6) is 0 Å². The van der Waals surface area contributed by atoms with Crippen LogP contribution in [0.4, 0.5) is 4.39 Å². The van der Waals surface area contributed by atoms with Crippen LogP contribution in [-0.2, 0) is 4.74 Å². The van der Waals surface area contributed by atoms with Crippen LogP contribution in [0, 0.1) is 5.82 Å². The van der Waals surface area contributed by atoms with Crippen molar-refractivity contribution in [1.82, 2.24) is 15.5 Å². The lowest BCUT2D eigenvalue weighted by atomic mass is 10.1. The van der Waals surface area contributed by atoms with Gasteiger partial charge in [0.2, 0.25) is 0 Å². The molecule has 164 valence electrons. The van der Waals surface area contributed by atoms with Gasteiger partial charge in [0.1, 0.15) is 5.82 Å². The fraction of sp³-hybridized carbons (Fsp3) is 0.682. The van der Waals surface area contributed by atoms with Gasteiger partial charge in [-0.25, -0.2) is 4.39 Å². The number of likely N-dealkylation sites (tertiary alicyclic amines) is 1. The zero-order chi connectivity index (χ0) is 19.9. The standard InChI is InChI=1S/C22H35FN4O.HI/c1-4-24-22(26-21-15-19(21)18-7-5-6-8-20(18)23)25-17-9-11-27(12-10-17)13-14-28-16(2)3;/h5-8,16-17,19,21H,4,9-15H2,1-3H3,(H2,24,25,26);1H. The Morgan fingerprint density at radius 3 is 2.62 bits per heavy atom. The Morgan fingerprint density at radius 2 is 1.97 bits per heavy atom. The van der Waals surface area contributed by atoms with Crippen molar-refractivity contribution in [1.29, 1.82) is 0 Å². The molecule has 0 radical (unpaired) electrons. The minimum absolute atomic E-state index is 0. The van der Waals surface area contributed by atoms with E-state index in [4.69, 9.17) is 4.74 Å². The Balaban J connectivity index is 0.00000300. The Labute approximate surface area is 191 Å². The summed E-state index contributed by atoms with van der Waals surface area (Å²) in [5, 5.41) is 7.11. The molecule has 2 aliphatic rings. The highest BCUT2D eigenvalue weighted by molar-refractivity contribution is 14.0. The number of nitrogens with one attached hydrogen (secondary N) is 2. The first-order chi connectivity index (χ1) is 13.6. The summed E-state index contributed by atoms with van der Waals surface area (Å²) in [5.74, 6) is 1.01. The Kier molecular flexibility index (Phi) is 10.1. The Hall–Kier alpha value is -0.930. The van der Waals surface area contributed by atoms with Gasteiger partial charge in [0, 0.05) is 44.2 Å². The van der Waals surface area contributed by atoms with E-state index in [2.05, 4.69) is 34.4 Å². The highest BCUT2D eigenvalue weighted by Crippen LogP contribution is 2.41. The van der Waals surface area contributed by atoms with Crippen molar-refractivity contribution in [2.45, 2.75) is 64.1 Å². The third-order valence-electron chi connectivity index (χ3n) is 5.52. The summed E-state index contributed by atoms with van der Waals surface area (Å²) in [6, 6.07) is 7.80. The number of rotatable bonds is 8. The van der Waals surface area contributed by atoms with Gasteiger partial charge in [-0.3, -0.25) is 4.99 Å². The predicted molar refractivity (Wildman–Crippen MR) is 128 cm³/mol. The number of piperidine rings is 1. The molecule has 2 unspecified atom stereocenters. The van der Waals surface area contributed by atoms with E-state index in [1.165, 1.54) is 0 Å². The van der Waals surface area contributed by atoms with Gasteiger partial charge in [0.25, 0.3) is 0 Å². The molecule has 1 heterocycles. The van der Waals surface area contributed by atoms with E-state index in [-0.39, 0.29) is 41.8 Å². The van der Waals surface area contributed by atoms with E-state index in [1.807, 2.05) is 19.1 Å². The van der Waals surface area contributed by atoms with Crippen LogP contribution >= 0.6 is 24.0 Å². The molecule has 29 heavy (non-hydrogen) atoms. The Bertz CT molecular complexity index is 649. The van der Waals surface area contributed by atoms with Gasteiger partial charge in [0.15, 0.2) is 5.96 Å². The lowest BCUT2D eigenvalue weighted by molar-refractivity contribution is 0.0532. The Morgan fingerprint density at radius 1 is 1.24 bits per heavy atom. The molecule has 2 fully saturated rings. The zero-order valence-electron chi connectivity index (χ0n) is 17.9. The van der Waals surface area contributed by atoms with Crippen LogP contribution in [0.25, 0.3) is 0 Å². The van der Waals surface area contributed by atoms with Crippen LogP contribution in [0.1, 0.15) is 51.5 Å². The fourth-order valence-electron chi connectivity index (χ4n) is 3.85. The first-order valence-corrected chi connectivity index (χ1v) is 10.7. The van der Waals surface area contributed by atoms with Crippen molar-refractivity contribution < 1.29 is 9.13 Å². The third-order valence-corrected chi connectivity index (χ3v) is 5.52. The molecule has 2 N–H and O–H groups in total. The lowest BCUT2D eigenvalue weighted by Crippen LogP contribution is -2.49. The van der Waals surface area contributed by atoms with Crippen LogP contribution in [-0.4, -0.2) is 61.8 Å². The van der Waals surface area contributed by atoms with E-state index >= 15 is 0 Å². The van der Waals surface area contributed by atoms with Crippen LogP contribution in [0.15, 0.2) is 29.3 Å². The average Bonchev–Trinajstić information content (AvgIpc) is 3.42. The average molecular weight is 518 g/mol. The highest BCUT2D eigenvalue weighted by atomic mass is 127. The van der Waals surface area contributed by atoms with Crippen molar-refractivity contribution in [3.63, 3.8) is 0 Å². The molecule has 1 aliphatic carbocycles. The molecular formula is C22H36FIN4O. The number of hydrogen-bond donors (Lipinski definition) is 2. The minimum Gasteiger partial charge on any atom is -0.377 e. The number of guanidine groups is 1. The molecule has 3 rings (SSSR count). The molecule has 0 aromatic heterocycles. The van der Waals surface area contributed by atoms with E-state index in [0.717, 1.165) is 63.6 Å². The normalized spacial score (nSPS) is 23.0. The molecule has 5 nitrogen and oxygen atoms in total. The van der Waals surface area contributed by atoms with Crippen LogP contribution < -0.4 is 10.6 Å². The first-order valence-electron chi connectivity index (χ1n) is 10.7. The summed E-state index contributed by atoms with van der Waals surface area (Å²) in [5.41, 5.74) is 0.813. The highest BCUT2D eigenvalue weighted by Gasteiger charge is 2.40. The molecular weight excluding hydrogens is 482 g/mol. The molecule has 7 heteroatoms. The van der Waals surface area contributed by atoms with E-state index in [0.29, 0.717) is 12.1 Å². The number of hydrogen-bond acceptors (Lipinski definition) is 3. The van der Waals surface area contributed by atoms with E-state index in [1.54, 1.807) is 12.1 Å². The van der Waals surface area contributed by atoms with Gasteiger partial charge >= 0.3 is 0 Å². The molecule has 1 aromatic carbocycles. The van der Waals surface area contributed by atoms with Crippen molar-refractivity contribution in [2.24, 2.45) is 4.99 Å². The van der Waals surface area contributed by atoms with Crippen molar-refractivity contribution >= 4 is 29.9 Å². The smallest absolute Gasteiger partial charge is 0.191 e. The maximum Gasteiger partial charge on any atom is 0.191 e. The van der Waals surface area contributed by atoms with Crippen LogP contribution in [0.2, 0.25) is 0 Å². The number of nitrogens with zero attached hydrogens (tertiary/aromatic N) is 2. The summed E-state index contributed by atoms with van der Waals surface area (Å²) in [4.78, 5) is 7.08. The molecule has 0 bridgehead atoms. The van der Waals surface area contributed by atoms with E-state index in [9.17, 15) is 4.39 Å². The molecule has 1 saturated carbocycles. The number of aliphatic imine (C=N–C) groups is 1. The summed E-state index contributed by atoms with van der Waals surface area (Å²) < 4.78 is 19.7. The maximum absolute atomic E-state index is 14.0. The van der Waals surface area contributed by atoms with Gasteiger partial charge in [-0.1, -0.05) is 18.2 Å². The second-order valence-corrected chi connectivity index (χ2v) is 8.12. The first kappa shape index (κ1) is 24.3. The summed E-state index contributed by atoms with van der Waals surface area (Å²) in [7, 11) is 0. The van der Waals surface area contributed by atoms with Gasteiger partial charge < -0.3 is 20.3 Å². The molecule has 1 aromatic rings. The summed E-state index contributed by atoms with van der Waals surface area (Å²) in [6.07, 6.45) is 3.47. The third kappa shape index (κ3) is 7.68. The molecule has 0 amide bonds. The molecule has 1 saturated heterocycles. The zero-order valence-corrected chi connectivity index (χ0v) is 20.2. The monoisotopic (exact) mass is 518 g/mol. The minimum atomic E-state index is -0.104. The summed E-state index contributed by atoms with van der Waals surface area (Å²) in [6.45, 7) is 10.9. The van der Waals surface area contributed by atoms with Crippen molar-refractivity contribution in [3.05, 3.63) is 35.6 Å². The van der Waals surface area contributed by atoms with Gasteiger partial charge in [0.05, 0.1) is 12.7 Å². The lowest BCUT2D eigenvalue weighted by Gasteiger charge is -2.33. The van der Waals surface area contributed by atoms with E-state index < -0.39 is 0 Å². The quantitative estimate of drug-likeness (QED) is 0.313. The van der Waals surface area contributed by atoms with Gasteiger partial charge in [-0.05, 0) is 51.7 Å². The van der Waals surface area contributed by atoms with Gasteiger partial charge in [-0.15, -0.1) is 24.0 Å². The SMILES string of the molecule is CCN=C(NC1CCN(CCOC(C)C)CC1)NC1CC1c1ccccc1F.I. The van der Waals surface area contributed by atoms with Crippen molar-refractivity contribution in [3.8, 4) is 0 Å². The number of benzene rings is 1. The number of ether oxygens (including phenoxy) is 1. The topological polar surface area (TPSA) is 48.9 Å². The predicted octanol–water partition coefficient (Wildman–Crippen LogP) is 3.74. The molecule has 2 atom stereocenters. The molecule has 1 aliphatic heterocycles.